The highest BCUT2D eigenvalue weighted by Crippen LogP contribution is 2.37. The number of aryl methyl sites for hydroxylation is 1. The topological polar surface area (TPSA) is 53.5 Å². The fraction of sp³-hybridized carbons (Fsp3) is 0.417. The molecule has 0 radical (unpaired) electrons. The number of aromatic nitrogens is 2. The van der Waals surface area contributed by atoms with Gasteiger partial charge in [0.15, 0.2) is 0 Å². The zero-order chi connectivity index (χ0) is 20.2. The van der Waals surface area contributed by atoms with E-state index in [1.807, 2.05) is 0 Å². The van der Waals surface area contributed by atoms with Crippen molar-refractivity contribution in [2.75, 3.05) is 36.5 Å². The third-order valence-corrected chi connectivity index (χ3v) is 6.97. The molecule has 0 amide bonds. The van der Waals surface area contributed by atoms with Gasteiger partial charge in [-0.3, -0.25) is 0 Å². The summed E-state index contributed by atoms with van der Waals surface area (Å²) in [5, 5.41) is 6.22. The van der Waals surface area contributed by atoms with Gasteiger partial charge in [0.1, 0.15) is 5.82 Å². The fourth-order valence-electron chi connectivity index (χ4n) is 5.51. The Bertz CT molecular complexity index is 1120. The first-order valence-corrected chi connectivity index (χ1v) is 10.9. The van der Waals surface area contributed by atoms with Gasteiger partial charge < -0.3 is 19.9 Å². The molecule has 2 bridgehead atoms. The lowest BCUT2D eigenvalue weighted by atomic mass is 9.99. The van der Waals surface area contributed by atoms with Crippen LogP contribution in [0.25, 0.3) is 10.8 Å². The van der Waals surface area contributed by atoms with E-state index in [2.05, 4.69) is 58.4 Å². The van der Waals surface area contributed by atoms with Gasteiger partial charge in [0.2, 0.25) is 0 Å². The van der Waals surface area contributed by atoms with E-state index < -0.39 is 0 Å². The fourth-order valence-corrected chi connectivity index (χ4v) is 5.51. The molecule has 3 aliphatic rings. The monoisotopic (exact) mass is 401 g/mol. The maximum Gasteiger partial charge on any atom is 0.318 e. The van der Waals surface area contributed by atoms with Crippen molar-refractivity contribution in [3.05, 3.63) is 53.2 Å². The molecule has 2 atom stereocenters. The predicted octanol–water partition coefficient (Wildman–Crippen LogP) is 3.06. The number of hydrogen-bond donors (Lipinski definition) is 1. The van der Waals surface area contributed by atoms with Crippen LogP contribution in [-0.2, 0) is 13.0 Å². The van der Waals surface area contributed by atoms with Crippen LogP contribution < -0.4 is 19.9 Å². The molecule has 6 nitrogen and oxygen atoms in total. The molecule has 0 spiro atoms. The Hall–Kier alpha value is -2.86. The van der Waals surface area contributed by atoms with Gasteiger partial charge in [-0.05, 0) is 36.8 Å². The van der Waals surface area contributed by atoms with Crippen molar-refractivity contribution in [2.24, 2.45) is 0 Å². The zero-order valence-corrected chi connectivity index (χ0v) is 17.6. The molecular weight excluding hydrogens is 374 g/mol. The number of nitrogens with zero attached hydrogens (tertiary/aromatic N) is 4. The number of fused-ring (bicyclic) bond motifs is 4. The Morgan fingerprint density at radius 1 is 1.13 bits per heavy atom. The highest BCUT2D eigenvalue weighted by molar-refractivity contribution is 5.97. The van der Waals surface area contributed by atoms with Crippen LogP contribution >= 0.6 is 0 Å². The SMILES string of the molecule is COc1nc2c(c(N3CC4CC3CN4)n1)CCN(c1cccc3cccc(C)c13)C2. The van der Waals surface area contributed by atoms with Crippen LogP contribution in [-0.4, -0.2) is 48.8 Å². The molecule has 3 aliphatic heterocycles. The molecule has 0 aliphatic carbocycles. The summed E-state index contributed by atoms with van der Waals surface area (Å²) < 4.78 is 5.51. The van der Waals surface area contributed by atoms with Gasteiger partial charge in [-0.2, -0.15) is 9.97 Å². The second-order valence-corrected chi connectivity index (χ2v) is 8.73. The van der Waals surface area contributed by atoms with Gasteiger partial charge in [-0.25, -0.2) is 0 Å². The van der Waals surface area contributed by atoms with Crippen molar-refractivity contribution < 1.29 is 4.74 Å². The highest BCUT2D eigenvalue weighted by atomic mass is 16.5. The lowest BCUT2D eigenvalue weighted by molar-refractivity contribution is 0.376. The Morgan fingerprint density at radius 2 is 2.00 bits per heavy atom. The van der Waals surface area contributed by atoms with Crippen molar-refractivity contribution in [3.63, 3.8) is 0 Å². The van der Waals surface area contributed by atoms with Gasteiger partial charge in [0, 0.05) is 48.4 Å². The second kappa shape index (κ2) is 6.84. The Kier molecular flexibility index (Phi) is 4.09. The van der Waals surface area contributed by atoms with E-state index in [0.717, 1.165) is 44.1 Å². The lowest BCUT2D eigenvalue weighted by Crippen LogP contribution is -2.45. The van der Waals surface area contributed by atoms with Gasteiger partial charge in [-0.1, -0.05) is 30.3 Å². The molecule has 1 aromatic heterocycles. The van der Waals surface area contributed by atoms with E-state index in [9.17, 15) is 0 Å². The van der Waals surface area contributed by atoms with Crippen LogP contribution in [0.3, 0.4) is 0 Å². The van der Waals surface area contributed by atoms with Crippen molar-refractivity contribution >= 4 is 22.3 Å². The molecule has 0 saturated carbocycles. The Balaban J connectivity index is 1.40. The van der Waals surface area contributed by atoms with Crippen LogP contribution in [0.15, 0.2) is 36.4 Å². The summed E-state index contributed by atoms with van der Waals surface area (Å²) in [6, 6.07) is 14.7. The van der Waals surface area contributed by atoms with Crippen LogP contribution in [0.1, 0.15) is 23.2 Å². The van der Waals surface area contributed by atoms with Crippen molar-refractivity contribution in [1.82, 2.24) is 15.3 Å². The van der Waals surface area contributed by atoms with Crippen molar-refractivity contribution in [1.29, 1.82) is 0 Å². The summed E-state index contributed by atoms with van der Waals surface area (Å²) in [5.41, 5.74) is 5.01. The number of nitrogens with one attached hydrogen (secondary N) is 1. The van der Waals surface area contributed by atoms with Crippen LogP contribution in [0.2, 0.25) is 0 Å². The highest BCUT2D eigenvalue weighted by Gasteiger charge is 2.40. The molecule has 1 N–H and O–H groups in total. The molecule has 6 heteroatoms. The summed E-state index contributed by atoms with van der Waals surface area (Å²) in [6.45, 7) is 6.04. The molecule has 30 heavy (non-hydrogen) atoms. The van der Waals surface area contributed by atoms with Gasteiger partial charge in [0.05, 0.1) is 19.3 Å². The number of ether oxygens (including phenoxy) is 1. The summed E-state index contributed by atoms with van der Waals surface area (Å²) in [5.74, 6) is 1.10. The number of benzene rings is 2. The van der Waals surface area contributed by atoms with Crippen LogP contribution in [0.4, 0.5) is 11.5 Å². The molecule has 6 rings (SSSR count). The van der Waals surface area contributed by atoms with E-state index in [0.29, 0.717) is 18.1 Å². The summed E-state index contributed by atoms with van der Waals surface area (Å²) >= 11 is 0. The molecule has 154 valence electrons. The van der Waals surface area contributed by atoms with E-state index in [4.69, 9.17) is 14.7 Å². The van der Waals surface area contributed by atoms with Gasteiger partial charge in [-0.15, -0.1) is 0 Å². The van der Waals surface area contributed by atoms with E-state index in [-0.39, 0.29) is 0 Å². The van der Waals surface area contributed by atoms with E-state index >= 15 is 0 Å². The van der Waals surface area contributed by atoms with Crippen LogP contribution in [0, 0.1) is 6.92 Å². The standard InChI is InChI=1S/C24H27N5O/c1-15-5-3-6-16-7-4-8-21(22(15)16)28-10-9-19-20(14-28)26-24(30-2)27-23(19)29-13-17-11-18(29)12-25-17/h3-8,17-18,25H,9-14H2,1-2H3. The zero-order valence-electron chi connectivity index (χ0n) is 17.6. The van der Waals surface area contributed by atoms with E-state index in [1.54, 1.807) is 7.11 Å². The largest absolute Gasteiger partial charge is 0.467 e. The third kappa shape index (κ3) is 2.74. The smallest absolute Gasteiger partial charge is 0.318 e. The first-order valence-electron chi connectivity index (χ1n) is 10.9. The number of piperazine rings is 1. The third-order valence-electron chi connectivity index (χ3n) is 6.97. The maximum absolute atomic E-state index is 5.51. The number of methoxy groups -OCH3 is 1. The normalized spacial score (nSPS) is 22.6. The van der Waals surface area contributed by atoms with Crippen LogP contribution in [0.5, 0.6) is 6.01 Å². The van der Waals surface area contributed by atoms with Gasteiger partial charge in [0.25, 0.3) is 0 Å². The minimum atomic E-state index is 0.482. The molecule has 2 saturated heterocycles. The Labute approximate surface area is 176 Å². The average molecular weight is 402 g/mol. The van der Waals surface area contributed by atoms with E-state index in [1.165, 1.54) is 34.0 Å². The quantitative estimate of drug-likeness (QED) is 0.728. The van der Waals surface area contributed by atoms with Crippen molar-refractivity contribution in [3.8, 4) is 6.01 Å². The molecule has 2 unspecified atom stereocenters. The first-order chi connectivity index (χ1) is 14.7. The second-order valence-electron chi connectivity index (χ2n) is 8.73. The Morgan fingerprint density at radius 3 is 2.77 bits per heavy atom. The van der Waals surface area contributed by atoms with Crippen molar-refractivity contribution in [2.45, 2.75) is 38.4 Å². The summed E-state index contributed by atoms with van der Waals surface area (Å²) in [4.78, 5) is 14.6. The predicted molar refractivity (Wildman–Crippen MR) is 120 cm³/mol. The van der Waals surface area contributed by atoms with Gasteiger partial charge >= 0.3 is 6.01 Å². The molecular formula is C24H27N5O. The first kappa shape index (κ1) is 18.0. The molecule has 2 fully saturated rings. The number of rotatable bonds is 3. The number of hydrogen-bond acceptors (Lipinski definition) is 6. The minimum absolute atomic E-state index is 0.482. The molecule has 4 heterocycles. The molecule has 3 aromatic rings. The summed E-state index contributed by atoms with van der Waals surface area (Å²) in [6.07, 6.45) is 2.17. The number of anilines is 2. The minimum Gasteiger partial charge on any atom is -0.467 e. The summed E-state index contributed by atoms with van der Waals surface area (Å²) in [7, 11) is 1.66. The average Bonchev–Trinajstić information content (AvgIpc) is 3.41. The molecule has 2 aromatic carbocycles. The lowest BCUT2D eigenvalue weighted by Gasteiger charge is -2.35. The maximum atomic E-state index is 5.51.